The van der Waals surface area contributed by atoms with Gasteiger partial charge in [0, 0.05) is 18.2 Å². The molecule has 0 aliphatic rings. The van der Waals surface area contributed by atoms with Gasteiger partial charge >= 0.3 is 0 Å². The third kappa shape index (κ3) is 3.03. The Morgan fingerprint density at radius 3 is 2.54 bits per heavy atom. The first kappa shape index (κ1) is 15.9. The van der Waals surface area contributed by atoms with Crippen molar-refractivity contribution >= 4 is 11.0 Å². The summed E-state index contributed by atoms with van der Waals surface area (Å²) < 4.78 is 16.6. The Kier molecular flexibility index (Phi) is 4.64. The first-order valence-corrected chi connectivity index (χ1v) is 7.49. The lowest BCUT2D eigenvalue weighted by atomic mass is 10.1. The van der Waals surface area contributed by atoms with E-state index in [1.165, 1.54) is 0 Å². The second-order valence-corrected chi connectivity index (χ2v) is 5.15. The summed E-state index contributed by atoms with van der Waals surface area (Å²) in [5, 5.41) is 0.480. The quantitative estimate of drug-likeness (QED) is 0.533. The maximum atomic E-state index is 12.8. The molecule has 0 fully saturated rings. The lowest BCUT2D eigenvalue weighted by Gasteiger charge is -2.11. The fraction of sp³-hybridized carbons (Fsp3) is 0.150. The van der Waals surface area contributed by atoms with Crippen molar-refractivity contribution in [1.82, 2.24) is 0 Å². The summed E-state index contributed by atoms with van der Waals surface area (Å²) in [6.07, 6.45) is 5.39. The first-order valence-electron chi connectivity index (χ1n) is 7.49. The zero-order valence-corrected chi connectivity index (χ0v) is 13.2. The SMILES string of the molecule is C#Cc1ccc(-c2oc3ccccc3c(=O)c2OCCOC)cc1. The molecule has 3 rings (SSSR count). The number of hydrogen-bond donors (Lipinski definition) is 0. The van der Waals surface area contributed by atoms with Crippen molar-refractivity contribution in [2.75, 3.05) is 20.3 Å². The fourth-order valence-corrected chi connectivity index (χ4v) is 2.39. The van der Waals surface area contributed by atoms with Crippen LogP contribution < -0.4 is 10.2 Å². The molecule has 0 N–H and O–H groups in total. The number of fused-ring (bicyclic) bond motifs is 1. The van der Waals surface area contributed by atoms with Gasteiger partial charge in [-0.2, -0.15) is 0 Å². The molecule has 0 atom stereocenters. The highest BCUT2D eigenvalue weighted by Crippen LogP contribution is 2.31. The first-order chi connectivity index (χ1) is 11.7. The Morgan fingerprint density at radius 2 is 1.83 bits per heavy atom. The topological polar surface area (TPSA) is 48.7 Å². The van der Waals surface area contributed by atoms with E-state index in [0.717, 1.165) is 11.1 Å². The smallest absolute Gasteiger partial charge is 0.235 e. The fourth-order valence-electron chi connectivity index (χ4n) is 2.39. The summed E-state index contributed by atoms with van der Waals surface area (Å²) in [6.45, 7) is 0.636. The molecule has 0 unspecified atom stereocenters. The van der Waals surface area contributed by atoms with Gasteiger partial charge in [-0.15, -0.1) is 6.42 Å². The van der Waals surface area contributed by atoms with Gasteiger partial charge in [-0.3, -0.25) is 4.79 Å². The average Bonchev–Trinajstić information content (AvgIpc) is 2.63. The Balaban J connectivity index is 2.17. The van der Waals surface area contributed by atoms with E-state index >= 15 is 0 Å². The molecule has 0 spiro atoms. The third-order valence-electron chi connectivity index (χ3n) is 3.60. The second kappa shape index (κ2) is 7.03. The van der Waals surface area contributed by atoms with Crippen LogP contribution in [0.4, 0.5) is 0 Å². The highest BCUT2D eigenvalue weighted by molar-refractivity contribution is 5.82. The van der Waals surface area contributed by atoms with Crippen LogP contribution in [0.2, 0.25) is 0 Å². The lowest BCUT2D eigenvalue weighted by Crippen LogP contribution is -2.13. The van der Waals surface area contributed by atoms with E-state index in [0.29, 0.717) is 23.3 Å². The minimum atomic E-state index is -0.205. The molecule has 1 heterocycles. The van der Waals surface area contributed by atoms with Gasteiger partial charge in [0.25, 0.3) is 0 Å². The van der Waals surface area contributed by atoms with Gasteiger partial charge in [-0.25, -0.2) is 0 Å². The van der Waals surface area contributed by atoms with E-state index in [9.17, 15) is 4.79 Å². The van der Waals surface area contributed by atoms with Gasteiger partial charge in [-0.05, 0) is 36.4 Å². The highest BCUT2D eigenvalue weighted by Gasteiger charge is 2.17. The molecule has 0 saturated heterocycles. The molecule has 2 aromatic carbocycles. The molecular weight excluding hydrogens is 304 g/mol. The number of para-hydroxylation sites is 1. The standard InChI is InChI=1S/C20H16O4/c1-3-14-8-10-15(11-9-14)19-20(23-13-12-22-2)18(21)16-6-4-5-7-17(16)24-19/h1,4-11H,12-13H2,2H3. The van der Waals surface area contributed by atoms with Gasteiger partial charge in [0.15, 0.2) is 5.76 Å². The molecule has 4 nitrogen and oxygen atoms in total. The van der Waals surface area contributed by atoms with E-state index in [1.807, 2.05) is 18.2 Å². The van der Waals surface area contributed by atoms with Crippen LogP contribution in [0.15, 0.2) is 57.7 Å². The van der Waals surface area contributed by atoms with E-state index in [2.05, 4.69) is 5.92 Å². The van der Waals surface area contributed by atoms with E-state index in [1.54, 1.807) is 37.4 Å². The van der Waals surface area contributed by atoms with Crippen LogP contribution in [0.3, 0.4) is 0 Å². The zero-order chi connectivity index (χ0) is 16.9. The third-order valence-corrected chi connectivity index (χ3v) is 3.60. The van der Waals surface area contributed by atoms with Crippen LogP contribution >= 0.6 is 0 Å². The van der Waals surface area contributed by atoms with Crippen LogP contribution in [0.1, 0.15) is 5.56 Å². The molecule has 1 aromatic heterocycles. The van der Waals surface area contributed by atoms with E-state index in [-0.39, 0.29) is 17.8 Å². The van der Waals surface area contributed by atoms with E-state index < -0.39 is 0 Å². The number of ether oxygens (including phenoxy) is 2. The molecule has 0 amide bonds. The summed E-state index contributed by atoms with van der Waals surface area (Å²) in [4.78, 5) is 12.8. The summed E-state index contributed by atoms with van der Waals surface area (Å²) in [5.41, 5.74) is 1.79. The average molecular weight is 320 g/mol. The molecule has 0 bridgehead atoms. The number of benzene rings is 2. The van der Waals surface area contributed by atoms with Gasteiger partial charge in [0.1, 0.15) is 12.2 Å². The predicted octanol–water partition coefficient (Wildman–Crippen LogP) is 3.47. The molecular formula is C20H16O4. The van der Waals surface area contributed by atoms with Crippen molar-refractivity contribution in [1.29, 1.82) is 0 Å². The zero-order valence-electron chi connectivity index (χ0n) is 13.2. The van der Waals surface area contributed by atoms with Crippen LogP contribution in [0.5, 0.6) is 5.75 Å². The molecule has 0 aliphatic carbocycles. The van der Waals surface area contributed by atoms with Gasteiger partial charge in [-0.1, -0.05) is 18.1 Å². The van der Waals surface area contributed by atoms with Gasteiger partial charge in [0.05, 0.1) is 12.0 Å². The highest BCUT2D eigenvalue weighted by atomic mass is 16.5. The van der Waals surface area contributed by atoms with Crippen molar-refractivity contribution in [3.63, 3.8) is 0 Å². The Morgan fingerprint density at radius 1 is 1.08 bits per heavy atom. The monoisotopic (exact) mass is 320 g/mol. The van der Waals surface area contributed by atoms with Gasteiger partial charge in [0.2, 0.25) is 11.2 Å². The van der Waals surface area contributed by atoms with Gasteiger partial charge < -0.3 is 13.9 Å². The maximum absolute atomic E-state index is 12.8. The maximum Gasteiger partial charge on any atom is 0.235 e. The Hall–Kier alpha value is -3.03. The number of hydrogen-bond acceptors (Lipinski definition) is 4. The number of terminal acetylenes is 1. The normalized spacial score (nSPS) is 10.5. The van der Waals surface area contributed by atoms with Crippen molar-refractivity contribution in [3.05, 3.63) is 64.3 Å². The summed E-state index contributed by atoms with van der Waals surface area (Å²) in [5.74, 6) is 3.13. The molecule has 24 heavy (non-hydrogen) atoms. The molecule has 4 heteroatoms. The number of methoxy groups -OCH3 is 1. The van der Waals surface area contributed by atoms with Crippen molar-refractivity contribution in [2.24, 2.45) is 0 Å². The largest absolute Gasteiger partial charge is 0.484 e. The molecule has 0 radical (unpaired) electrons. The van der Waals surface area contributed by atoms with Crippen LogP contribution in [-0.2, 0) is 4.74 Å². The van der Waals surface area contributed by atoms with Crippen LogP contribution in [-0.4, -0.2) is 20.3 Å². The Labute approximate surface area is 139 Å². The van der Waals surface area contributed by atoms with E-state index in [4.69, 9.17) is 20.3 Å². The predicted molar refractivity (Wildman–Crippen MR) is 93.2 cm³/mol. The van der Waals surface area contributed by atoms with Crippen molar-refractivity contribution < 1.29 is 13.9 Å². The molecule has 0 saturated carbocycles. The molecule has 3 aromatic rings. The Bertz CT molecular complexity index is 946. The molecule has 120 valence electrons. The van der Waals surface area contributed by atoms with Crippen LogP contribution in [0, 0.1) is 12.3 Å². The summed E-state index contributed by atoms with van der Waals surface area (Å²) in [6, 6.07) is 14.3. The van der Waals surface area contributed by atoms with Crippen LogP contribution in [0.25, 0.3) is 22.3 Å². The minimum Gasteiger partial charge on any atom is -0.484 e. The van der Waals surface area contributed by atoms with Crippen molar-refractivity contribution in [2.45, 2.75) is 0 Å². The molecule has 0 aliphatic heterocycles. The second-order valence-electron chi connectivity index (χ2n) is 5.15. The minimum absolute atomic E-state index is 0.180. The summed E-state index contributed by atoms with van der Waals surface area (Å²) in [7, 11) is 1.58. The lowest BCUT2D eigenvalue weighted by molar-refractivity contribution is 0.145. The number of rotatable bonds is 5. The van der Waals surface area contributed by atoms with Crippen molar-refractivity contribution in [3.8, 4) is 29.4 Å². The summed E-state index contributed by atoms with van der Waals surface area (Å²) >= 11 is 0.